The van der Waals surface area contributed by atoms with E-state index in [1.807, 2.05) is 0 Å². The number of carbonyl (C=O) groups excluding carboxylic acids is 3. The highest BCUT2D eigenvalue weighted by atomic mass is 16.7. The number of esters is 1. The van der Waals surface area contributed by atoms with Gasteiger partial charge in [-0.15, -0.1) is 0 Å². The monoisotopic (exact) mass is 605 g/mol. The van der Waals surface area contributed by atoms with Crippen LogP contribution in [-0.2, 0) is 32.3 Å². The number of aliphatic hydroxyl groups is 2. The Labute approximate surface area is 252 Å². The number of likely N-dealkylation sites (tertiary alicyclic amines) is 1. The van der Waals surface area contributed by atoms with Gasteiger partial charge < -0.3 is 44.3 Å². The normalized spacial score (nSPS) is 15.2. The van der Waals surface area contributed by atoms with Gasteiger partial charge in [0.15, 0.2) is 17.7 Å². The molecule has 4 N–H and O–H groups in total. The van der Waals surface area contributed by atoms with Crippen LogP contribution in [0.5, 0.6) is 28.7 Å². The zero-order valence-corrected chi connectivity index (χ0v) is 23.5. The van der Waals surface area contributed by atoms with Crippen molar-refractivity contribution in [2.24, 2.45) is 0 Å². The SMILES string of the molecule is O=C(/C=C/c1ccc(O)c(CO)c1)Oc1ccc2c(c1)OCO2.O=COC1CCCN1C(=O)/C=C/c1ccc(O)c(CO)c1. The van der Waals surface area contributed by atoms with Crippen molar-refractivity contribution >= 4 is 30.5 Å². The molecule has 5 rings (SSSR count). The largest absolute Gasteiger partial charge is 0.508 e. The maximum Gasteiger partial charge on any atom is 0.336 e. The van der Waals surface area contributed by atoms with Gasteiger partial charge in [-0.05, 0) is 66.1 Å². The minimum Gasteiger partial charge on any atom is -0.508 e. The number of phenols is 2. The lowest BCUT2D eigenvalue weighted by Crippen LogP contribution is -2.35. The van der Waals surface area contributed by atoms with Crippen LogP contribution in [0.2, 0.25) is 0 Å². The Kier molecular flexibility index (Phi) is 10.9. The fraction of sp³-hybridized carbons (Fsp3) is 0.219. The van der Waals surface area contributed by atoms with Crippen molar-refractivity contribution < 1.29 is 53.8 Å². The number of nitrogens with zero attached hydrogens (tertiary/aromatic N) is 1. The van der Waals surface area contributed by atoms with Crippen LogP contribution in [0.15, 0.2) is 66.7 Å². The van der Waals surface area contributed by atoms with E-state index in [0.717, 1.165) is 6.42 Å². The van der Waals surface area contributed by atoms with Gasteiger partial charge in [-0.2, -0.15) is 0 Å². The maximum atomic E-state index is 12.1. The second-order valence-electron chi connectivity index (χ2n) is 9.56. The van der Waals surface area contributed by atoms with Crippen LogP contribution < -0.4 is 14.2 Å². The lowest BCUT2D eigenvalue weighted by atomic mass is 10.1. The molecule has 1 unspecified atom stereocenters. The number of aromatic hydroxyl groups is 2. The van der Waals surface area contributed by atoms with E-state index in [1.54, 1.807) is 48.5 Å². The van der Waals surface area contributed by atoms with Gasteiger partial charge in [-0.3, -0.25) is 9.59 Å². The fourth-order valence-electron chi connectivity index (χ4n) is 4.38. The van der Waals surface area contributed by atoms with Gasteiger partial charge in [0, 0.05) is 42.3 Å². The van der Waals surface area contributed by atoms with Crippen molar-refractivity contribution in [1.82, 2.24) is 4.90 Å². The van der Waals surface area contributed by atoms with E-state index in [0.29, 0.717) is 58.9 Å². The quantitative estimate of drug-likeness (QED) is 0.122. The molecule has 1 saturated heterocycles. The Balaban J connectivity index is 0.000000202. The topological polar surface area (TPSA) is 172 Å². The first-order valence-corrected chi connectivity index (χ1v) is 13.5. The molecule has 1 atom stereocenters. The summed E-state index contributed by atoms with van der Waals surface area (Å²) < 4.78 is 20.4. The smallest absolute Gasteiger partial charge is 0.336 e. The average molecular weight is 606 g/mol. The second-order valence-corrected chi connectivity index (χ2v) is 9.56. The Hall–Kier alpha value is -5.33. The predicted molar refractivity (Wildman–Crippen MR) is 156 cm³/mol. The standard InChI is InChI=1S/C17H14O6.C15H17NO5/c18-9-12-7-11(1-4-14(12)19)2-6-17(20)23-13-3-5-15-16(8-13)22-10-21-15;17-9-12-8-11(3-5-13(12)19)4-6-14(20)16-7-1-2-15(16)21-10-18/h1-8,18-19H,9-10H2;3-6,8,10,15,17,19H,1-2,7,9H2/b6-2+;6-4+. The Morgan fingerprint density at radius 2 is 1.50 bits per heavy atom. The van der Waals surface area contributed by atoms with E-state index >= 15 is 0 Å². The molecule has 0 aliphatic carbocycles. The molecular formula is C32H31NO11. The van der Waals surface area contributed by atoms with E-state index in [4.69, 9.17) is 29.2 Å². The Morgan fingerprint density at radius 1 is 0.864 bits per heavy atom. The van der Waals surface area contributed by atoms with Crippen molar-refractivity contribution in [1.29, 1.82) is 0 Å². The molecule has 2 aliphatic heterocycles. The van der Waals surface area contributed by atoms with E-state index in [-0.39, 0.29) is 37.4 Å². The first-order chi connectivity index (χ1) is 21.3. The lowest BCUT2D eigenvalue weighted by Gasteiger charge is -2.21. The molecular weight excluding hydrogens is 574 g/mol. The van der Waals surface area contributed by atoms with Gasteiger partial charge in [0.25, 0.3) is 6.47 Å². The number of aliphatic hydroxyl groups excluding tert-OH is 2. The first kappa shape index (κ1) is 31.6. The summed E-state index contributed by atoms with van der Waals surface area (Å²) in [7, 11) is 0. The zero-order valence-electron chi connectivity index (χ0n) is 23.5. The van der Waals surface area contributed by atoms with Crippen molar-refractivity contribution in [2.75, 3.05) is 13.3 Å². The molecule has 0 aromatic heterocycles. The molecule has 0 saturated carbocycles. The molecule has 12 heteroatoms. The average Bonchev–Trinajstić information content (AvgIpc) is 3.70. The van der Waals surface area contributed by atoms with E-state index in [9.17, 15) is 24.6 Å². The number of hydrogen-bond donors (Lipinski definition) is 4. The van der Waals surface area contributed by atoms with Crippen molar-refractivity contribution in [2.45, 2.75) is 32.3 Å². The molecule has 3 aromatic rings. The van der Waals surface area contributed by atoms with E-state index < -0.39 is 12.2 Å². The highest BCUT2D eigenvalue weighted by molar-refractivity contribution is 5.92. The van der Waals surface area contributed by atoms with Crippen LogP contribution in [0.3, 0.4) is 0 Å². The molecule has 230 valence electrons. The third-order valence-corrected chi connectivity index (χ3v) is 6.63. The zero-order chi connectivity index (χ0) is 31.5. The summed E-state index contributed by atoms with van der Waals surface area (Å²) in [6.45, 7) is 0.505. The Morgan fingerprint density at radius 3 is 2.14 bits per heavy atom. The van der Waals surface area contributed by atoms with Crippen molar-refractivity contribution in [3.8, 4) is 28.7 Å². The number of amides is 1. The highest BCUT2D eigenvalue weighted by Gasteiger charge is 2.28. The molecule has 0 spiro atoms. The summed E-state index contributed by atoms with van der Waals surface area (Å²) in [5.74, 6) is 0.727. The van der Waals surface area contributed by atoms with Gasteiger partial charge in [0.2, 0.25) is 12.7 Å². The van der Waals surface area contributed by atoms with Crippen LogP contribution in [0.1, 0.15) is 35.1 Å². The number of fused-ring (bicyclic) bond motifs is 1. The first-order valence-electron chi connectivity index (χ1n) is 13.5. The van der Waals surface area contributed by atoms with Crippen molar-refractivity contribution in [3.63, 3.8) is 0 Å². The molecule has 0 radical (unpaired) electrons. The molecule has 1 fully saturated rings. The van der Waals surface area contributed by atoms with Gasteiger partial charge in [0.05, 0.1) is 13.2 Å². The number of hydrogen-bond acceptors (Lipinski definition) is 11. The van der Waals surface area contributed by atoms with Crippen molar-refractivity contribution in [3.05, 3.63) is 89.0 Å². The predicted octanol–water partition coefficient (Wildman–Crippen LogP) is 3.25. The summed E-state index contributed by atoms with van der Waals surface area (Å²) in [6.07, 6.45) is 6.73. The molecule has 3 aromatic carbocycles. The number of carbonyl (C=O) groups is 3. The molecule has 1 amide bonds. The Bertz CT molecular complexity index is 1550. The summed E-state index contributed by atoms with van der Waals surface area (Å²) in [4.78, 5) is 35.8. The van der Waals surface area contributed by atoms with Gasteiger partial charge in [-0.1, -0.05) is 12.1 Å². The molecule has 12 nitrogen and oxygen atoms in total. The lowest BCUT2D eigenvalue weighted by molar-refractivity contribution is -0.147. The van der Waals surface area contributed by atoms with E-state index in [1.165, 1.54) is 35.3 Å². The minimum atomic E-state index is -0.553. The van der Waals surface area contributed by atoms with Gasteiger partial charge in [0.1, 0.15) is 17.2 Å². The van der Waals surface area contributed by atoms with Gasteiger partial charge in [-0.25, -0.2) is 4.79 Å². The molecule has 0 bridgehead atoms. The summed E-state index contributed by atoms with van der Waals surface area (Å²) in [6, 6.07) is 14.2. The number of rotatable bonds is 9. The van der Waals surface area contributed by atoms with Crippen LogP contribution in [0, 0.1) is 0 Å². The van der Waals surface area contributed by atoms with Gasteiger partial charge >= 0.3 is 5.97 Å². The van der Waals surface area contributed by atoms with E-state index in [2.05, 4.69) is 0 Å². The molecule has 2 aliphatic rings. The third-order valence-electron chi connectivity index (χ3n) is 6.63. The van der Waals surface area contributed by atoms with Crippen LogP contribution in [0.4, 0.5) is 0 Å². The number of benzene rings is 3. The summed E-state index contributed by atoms with van der Waals surface area (Å²) in [5, 5.41) is 37.1. The van der Waals surface area contributed by atoms with Crippen LogP contribution >= 0.6 is 0 Å². The fourth-order valence-corrected chi connectivity index (χ4v) is 4.38. The number of ether oxygens (including phenoxy) is 4. The molecule has 2 heterocycles. The second kappa shape index (κ2) is 15.2. The minimum absolute atomic E-state index is 0.00702. The third kappa shape index (κ3) is 8.37. The summed E-state index contributed by atoms with van der Waals surface area (Å²) >= 11 is 0. The molecule has 44 heavy (non-hydrogen) atoms. The maximum absolute atomic E-state index is 12.1. The van der Waals surface area contributed by atoms with Crippen LogP contribution in [0.25, 0.3) is 12.2 Å². The van der Waals surface area contributed by atoms with Crippen LogP contribution in [-0.4, -0.2) is 63.2 Å². The highest BCUT2D eigenvalue weighted by Crippen LogP contribution is 2.35. The summed E-state index contributed by atoms with van der Waals surface area (Å²) in [5.41, 5.74) is 2.14.